The van der Waals surface area contributed by atoms with Crippen molar-refractivity contribution in [2.75, 3.05) is 20.1 Å². The van der Waals surface area contributed by atoms with Crippen molar-refractivity contribution in [1.29, 1.82) is 0 Å². The number of hydrogen-bond donors (Lipinski definition) is 1. The highest BCUT2D eigenvalue weighted by Crippen LogP contribution is 2.25. The predicted octanol–water partition coefficient (Wildman–Crippen LogP) is 3.34. The summed E-state index contributed by atoms with van der Waals surface area (Å²) in [5, 5.41) is 4.38. The zero-order valence-corrected chi connectivity index (χ0v) is 12.2. The molecule has 0 aromatic carbocycles. The van der Waals surface area contributed by atoms with Crippen LogP contribution in [0.2, 0.25) is 0 Å². The molecule has 0 aliphatic carbocycles. The van der Waals surface area contributed by atoms with Gasteiger partial charge >= 0.3 is 0 Å². The van der Waals surface area contributed by atoms with Gasteiger partial charge in [-0.05, 0) is 67.2 Å². The van der Waals surface area contributed by atoms with E-state index in [1.54, 1.807) is 11.3 Å². The van der Waals surface area contributed by atoms with Crippen LogP contribution in [0.3, 0.4) is 0 Å². The van der Waals surface area contributed by atoms with E-state index in [4.69, 9.17) is 5.73 Å². The molecule has 0 saturated heterocycles. The molecule has 1 rings (SSSR count). The van der Waals surface area contributed by atoms with Gasteiger partial charge in [-0.3, -0.25) is 0 Å². The summed E-state index contributed by atoms with van der Waals surface area (Å²) in [6.07, 6.45) is 3.65. The number of nitrogens with two attached hydrogens (primary N) is 1. The van der Waals surface area contributed by atoms with Crippen molar-refractivity contribution in [1.82, 2.24) is 4.90 Å². The summed E-state index contributed by atoms with van der Waals surface area (Å²) in [4.78, 5) is 2.40. The van der Waals surface area contributed by atoms with Crippen molar-refractivity contribution in [2.45, 2.75) is 39.7 Å². The molecule has 3 heteroatoms. The second kappa shape index (κ2) is 7.14. The lowest BCUT2D eigenvalue weighted by atomic mass is 9.84. The Morgan fingerprint density at radius 1 is 1.35 bits per heavy atom. The highest BCUT2D eigenvalue weighted by atomic mass is 32.1. The Morgan fingerprint density at radius 2 is 2.12 bits per heavy atom. The molecule has 0 aliphatic rings. The highest BCUT2D eigenvalue weighted by Gasteiger charge is 2.16. The molecule has 0 saturated carbocycles. The van der Waals surface area contributed by atoms with Gasteiger partial charge in [0.2, 0.25) is 0 Å². The van der Waals surface area contributed by atoms with Crippen LogP contribution in [0.15, 0.2) is 16.8 Å². The summed E-state index contributed by atoms with van der Waals surface area (Å²) in [6.45, 7) is 7.68. The molecule has 0 spiro atoms. The minimum Gasteiger partial charge on any atom is -0.330 e. The van der Waals surface area contributed by atoms with Gasteiger partial charge in [0, 0.05) is 6.54 Å². The fourth-order valence-corrected chi connectivity index (χ4v) is 2.78. The molecule has 0 radical (unpaired) electrons. The lowest BCUT2D eigenvalue weighted by Gasteiger charge is -2.25. The van der Waals surface area contributed by atoms with Gasteiger partial charge in [-0.2, -0.15) is 11.3 Å². The number of hydrogen-bond acceptors (Lipinski definition) is 3. The van der Waals surface area contributed by atoms with Crippen LogP contribution >= 0.6 is 11.3 Å². The zero-order valence-electron chi connectivity index (χ0n) is 11.4. The average molecular weight is 254 g/mol. The summed E-state index contributed by atoms with van der Waals surface area (Å²) in [5.41, 5.74) is 7.46. The van der Waals surface area contributed by atoms with Crippen LogP contribution in [0.4, 0.5) is 0 Å². The highest BCUT2D eigenvalue weighted by molar-refractivity contribution is 7.07. The monoisotopic (exact) mass is 254 g/mol. The quantitative estimate of drug-likeness (QED) is 0.771. The molecule has 1 heterocycles. The normalized spacial score (nSPS) is 12.3. The summed E-state index contributed by atoms with van der Waals surface area (Å²) in [5.74, 6) is 0. The molecular formula is C14H26N2S. The SMILES string of the molecule is CN(CCCC(C)(C)CCN)Cc1ccsc1. The fraction of sp³-hybridized carbons (Fsp3) is 0.714. The van der Waals surface area contributed by atoms with Gasteiger partial charge in [0.25, 0.3) is 0 Å². The summed E-state index contributed by atoms with van der Waals surface area (Å²) >= 11 is 1.78. The van der Waals surface area contributed by atoms with Gasteiger partial charge in [-0.15, -0.1) is 0 Å². The molecule has 0 aliphatic heterocycles. The fourth-order valence-electron chi connectivity index (χ4n) is 2.12. The average Bonchev–Trinajstić information content (AvgIpc) is 2.69. The molecule has 2 nitrogen and oxygen atoms in total. The molecule has 2 N–H and O–H groups in total. The Morgan fingerprint density at radius 3 is 2.71 bits per heavy atom. The maximum Gasteiger partial charge on any atom is 0.0238 e. The van der Waals surface area contributed by atoms with E-state index in [0.29, 0.717) is 5.41 Å². The molecule has 0 fully saturated rings. The Balaban J connectivity index is 2.18. The summed E-state index contributed by atoms with van der Waals surface area (Å²) in [6, 6.07) is 2.21. The molecule has 98 valence electrons. The van der Waals surface area contributed by atoms with Gasteiger partial charge in [0.05, 0.1) is 0 Å². The van der Waals surface area contributed by atoms with E-state index < -0.39 is 0 Å². The van der Waals surface area contributed by atoms with E-state index in [1.165, 1.54) is 24.9 Å². The van der Waals surface area contributed by atoms with Crippen molar-refractivity contribution < 1.29 is 0 Å². The van der Waals surface area contributed by atoms with E-state index in [2.05, 4.69) is 42.6 Å². The van der Waals surface area contributed by atoms with Crippen LogP contribution in [0.1, 0.15) is 38.7 Å². The smallest absolute Gasteiger partial charge is 0.0238 e. The lowest BCUT2D eigenvalue weighted by molar-refractivity contribution is 0.259. The number of thiophene rings is 1. The molecule has 0 bridgehead atoms. The van der Waals surface area contributed by atoms with E-state index in [9.17, 15) is 0 Å². The van der Waals surface area contributed by atoms with Crippen LogP contribution in [0.5, 0.6) is 0 Å². The van der Waals surface area contributed by atoms with Crippen molar-refractivity contribution in [2.24, 2.45) is 11.1 Å². The summed E-state index contributed by atoms with van der Waals surface area (Å²) < 4.78 is 0. The van der Waals surface area contributed by atoms with Gasteiger partial charge in [0.1, 0.15) is 0 Å². The Hall–Kier alpha value is -0.380. The van der Waals surface area contributed by atoms with Crippen LogP contribution < -0.4 is 5.73 Å². The Bertz CT molecular complexity index is 293. The third kappa shape index (κ3) is 6.20. The van der Waals surface area contributed by atoms with E-state index in [0.717, 1.165) is 19.5 Å². The topological polar surface area (TPSA) is 29.3 Å². The standard InChI is InChI=1S/C14H26N2S/c1-14(2,7-8-15)6-4-9-16(3)11-13-5-10-17-12-13/h5,10,12H,4,6-9,11,15H2,1-3H3. The Labute approximate surface area is 110 Å². The molecule has 1 aromatic rings. The number of rotatable bonds is 8. The van der Waals surface area contributed by atoms with Crippen molar-refractivity contribution in [3.05, 3.63) is 22.4 Å². The number of nitrogens with zero attached hydrogens (tertiary/aromatic N) is 1. The minimum atomic E-state index is 0.401. The third-order valence-corrected chi connectivity index (χ3v) is 3.98. The van der Waals surface area contributed by atoms with E-state index in [-0.39, 0.29) is 0 Å². The van der Waals surface area contributed by atoms with Crippen molar-refractivity contribution in [3.8, 4) is 0 Å². The maximum absolute atomic E-state index is 5.63. The first-order valence-electron chi connectivity index (χ1n) is 6.43. The molecule has 0 unspecified atom stereocenters. The second-order valence-electron chi connectivity index (χ2n) is 5.68. The van der Waals surface area contributed by atoms with Crippen molar-refractivity contribution in [3.63, 3.8) is 0 Å². The van der Waals surface area contributed by atoms with Gasteiger partial charge < -0.3 is 10.6 Å². The van der Waals surface area contributed by atoms with Crippen LogP contribution in [-0.2, 0) is 6.54 Å². The summed E-state index contributed by atoms with van der Waals surface area (Å²) in [7, 11) is 2.20. The third-order valence-electron chi connectivity index (χ3n) is 3.25. The predicted molar refractivity (Wildman–Crippen MR) is 77.3 cm³/mol. The molecule has 1 aromatic heterocycles. The first-order valence-corrected chi connectivity index (χ1v) is 7.37. The van der Waals surface area contributed by atoms with Gasteiger partial charge in [-0.25, -0.2) is 0 Å². The Kier molecular flexibility index (Phi) is 6.17. The first-order chi connectivity index (χ1) is 8.03. The van der Waals surface area contributed by atoms with Crippen molar-refractivity contribution >= 4 is 11.3 Å². The van der Waals surface area contributed by atoms with Gasteiger partial charge in [-0.1, -0.05) is 13.8 Å². The second-order valence-corrected chi connectivity index (χ2v) is 6.46. The minimum absolute atomic E-state index is 0.401. The van der Waals surface area contributed by atoms with Crippen LogP contribution in [0.25, 0.3) is 0 Å². The van der Waals surface area contributed by atoms with Crippen LogP contribution in [-0.4, -0.2) is 25.0 Å². The maximum atomic E-state index is 5.63. The molecule has 17 heavy (non-hydrogen) atoms. The zero-order chi connectivity index (χ0) is 12.7. The molecule has 0 amide bonds. The first kappa shape index (κ1) is 14.7. The van der Waals surface area contributed by atoms with Crippen LogP contribution in [0, 0.1) is 5.41 Å². The lowest BCUT2D eigenvalue weighted by Crippen LogP contribution is -2.22. The largest absolute Gasteiger partial charge is 0.330 e. The van der Waals surface area contributed by atoms with E-state index in [1.807, 2.05) is 0 Å². The molecular weight excluding hydrogens is 228 g/mol. The van der Waals surface area contributed by atoms with E-state index >= 15 is 0 Å². The van der Waals surface area contributed by atoms with Gasteiger partial charge in [0.15, 0.2) is 0 Å². The molecule has 0 atom stereocenters.